The Bertz CT molecular complexity index is 594. The number of hydrogen-bond acceptors (Lipinski definition) is 4. The van der Waals surface area contributed by atoms with Crippen LogP contribution in [0.4, 0.5) is 0 Å². The minimum absolute atomic E-state index is 0.138. The average Bonchev–Trinajstić information content (AvgIpc) is 2.81. The molecule has 0 spiro atoms. The van der Waals surface area contributed by atoms with Gasteiger partial charge >= 0.3 is 5.97 Å². The summed E-state index contributed by atoms with van der Waals surface area (Å²) in [6.07, 6.45) is 0.498. The van der Waals surface area contributed by atoms with E-state index in [1.54, 1.807) is 24.3 Å². The first-order valence-electron chi connectivity index (χ1n) is 6.52. The van der Waals surface area contributed by atoms with Crippen LogP contribution in [0.2, 0.25) is 0 Å². The van der Waals surface area contributed by atoms with Gasteiger partial charge in [0.2, 0.25) is 10.0 Å². The van der Waals surface area contributed by atoms with Gasteiger partial charge in [-0.1, -0.05) is 24.6 Å². The standard InChI is InChI=1S/C14H19NO4S/c1-10-4-6-12(7-5-10)20(17,18)15-9-11(2)8-13(15)14(16)19-3/h4-7,11,13H,8-9H2,1-3H3/t11-,13-/m0/s1. The molecule has 20 heavy (non-hydrogen) atoms. The van der Waals surface area contributed by atoms with Crippen molar-refractivity contribution in [1.29, 1.82) is 0 Å². The summed E-state index contributed by atoms with van der Waals surface area (Å²) < 4.78 is 31.3. The van der Waals surface area contributed by atoms with E-state index in [1.165, 1.54) is 11.4 Å². The van der Waals surface area contributed by atoms with Gasteiger partial charge in [0.15, 0.2) is 0 Å². The second-order valence-corrected chi connectivity index (χ2v) is 7.16. The Hall–Kier alpha value is -1.40. The third-order valence-corrected chi connectivity index (χ3v) is 5.45. The van der Waals surface area contributed by atoms with Gasteiger partial charge in [-0.3, -0.25) is 4.79 Å². The van der Waals surface area contributed by atoms with Crippen LogP contribution in [0, 0.1) is 12.8 Å². The highest BCUT2D eigenvalue weighted by atomic mass is 32.2. The Morgan fingerprint density at radius 2 is 1.90 bits per heavy atom. The van der Waals surface area contributed by atoms with Crippen molar-refractivity contribution in [3.8, 4) is 0 Å². The Morgan fingerprint density at radius 1 is 1.30 bits per heavy atom. The third-order valence-electron chi connectivity index (χ3n) is 3.57. The van der Waals surface area contributed by atoms with Crippen molar-refractivity contribution in [2.24, 2.45) is 5.92 Å². The van der Waals surface area contributed by atoms with Crippen LogP contribution in [-0.4, -0.2) is 38.4 Å². The van der Waals surface area contributed by atoms with E-state index in [9.17, 15) is 13.2 Å². The molecule has 0 saturated carbocycles. The maximum Gasteiger partial charge on any atom is 0.324 e. The molecule has 6 heteroatoms. The minimum atomic E-state index is -3.66. The maximum absolute atomic E-state index is 12.6. The first kappa shape index (κ1) is 15.0. The summed E-state index contributed by atoms with van der Waals surface area (Å²) in [7, 11) is -2.38. The number of aryl methyl sites for hydroxylation is 1. The Kier molecular flexibility index (Phi) is 4.15. The maximum atomic E-state index is 12.6. The topological polar surface area (TPSA) is 63.7 Å². The van der Waals surface area contributed by atoms with Crippen LogP contribution in [0.1, 0.15) is 18.9 Å². The van der Waals surface area contributed by atoms with Crippen molar-refractivity contribution in [2.45, 2.75) is 31.2 Å². The number of esters is 1. The molecule has 2 rings (SSSR count). The number of methoxy groups -OCH3 is 1. The zero-order valence-corrected chi connectivity index (χ0v) is 12.7. The lowest BCUT2D eigenvalue weighted by Crippen LogP contribution is -2.41. The van der Waals surface area contributed by atoms with Crippen molar-refractivity contribution in [3.63, 3.8) is 0 Å². The summed E-state index contributed by atoms with van der Waals surface area (Å²) in [5.41, 5.74) is 0.989. The molecule has 0 bridgehead atoms. The second-order valence-electron chi connectivity index (χ2n) is 5.27. The van der Waals surface area contributed by atoms with Crippen LogP contribution >= 0.6 is 0 Å². The molecule has 5 nitrogen and oxygen atoms in total. The van der Waals surface area contributed by atoms with Crippen LogP contribution in [0.3, 0.4) is 0 Å². The van der Waals surface area contributed by atoms with Crippen molar-refractivity contribution < 1.29 is 17.9 Å². The molecule has 110 valence electrons. The molecule has 0 aliphatic carbocycles. The van der Waals surface area contributed by atoms with Crippen molar-refractivity contribution in [2.75, 3.05) is 13.7 Å². The summed E-state index contributed by atoms with van der Waals surface area (Å²) in [6.45, 7) is 4.17. The fraction of sp³-hybridized carbons (Fsp3) is 0.500. The number of carbonyl (C=O) groups is 1. The largest absolute Gasteiger partial charge is 0.468 e. The molecule has 0 N–H and O–H groups in total. The van der Waals surface area contributed by atoms with Crippen LogP contribution in [-0.2, 0) is 19.6 Å². The lowest BCUT2D eigenvalue weighted by atomic mass is 10.1. The van der Waals surface area contributed by atoms with Gasteiger partial charge in [-0.2, -0.15) is 4.31 Å². The van der Waals surface area contributed by atoms with E-state index in [4.69, 9.17) is 4.74 Å². The molecule has 0 radical (unpaired) electrons. The zero-order chi connectivity index (χ0) is 14.9. The molecule has 1 aliphatic heterocycles. The highest BCUT2D eigenvalue weighted by Crippen LogP contribution is 2.30. The number of ether oxygens (including phenoxy) is 1. The van der Waals surface area contributed by atoms with Crippen LogP contribution < -0.4 is 0 Å². The number of carbonyl (C=O) groups excluding carboxylic acids is 1. The molecule has 0 unspecified atom stereocenters. The lowest BCUT2D eigenvalue weighted by Gasteiger charge is -2.22. The molecule has 1 saturated heterocycles. The van der Waals surface area contributed by atoms with E-state index < -0.39 is 22.0 Å². The van der Waals surface area contributed by atoms with E-state index in [2.05, 4.69) is 0 Å². The number of benzene rings is 1. The van der Waals surface area contributed by atoms with Gasteiger partial charge in [0.25, 0.3) is 0 Å². The van der Waals surface area contributed by atoms with Gasteiger partial charge < -0.3 is 4.74 Å². The predicted molar refractivity (Wildman–Crippen MR) is 74.7 cm³/mol. The number of sulfonamides is 1. The summed E-state index contributed by atoms with van der Waals surface area (Å²) in [5, 5.41) is 0. The molecular weight excluding hydrogens is 278 g/mol. The highest BCUT2D eigenvalue weighted by molar-refractivity contribution is 7.89. The van der Waals surface area contributed by atoms with E-state index in [1.807, 2.05) is 13.8 Å². The van der Waals surface area contributed by atoms with Gasteiger partial charge in [-0.05, 0) is 31.4 Å². The van der Waals surface area contributed by atoms with Gasteiger partial charge in [-0.15, -0.1) is 0 Å². The van der Waals surface area contributed by atoms with E-state index >= 15 is 0 Å². The Balaban J connectivity index is 2.37. The van der Waals surface area contributed by atoms with Crippen molar-refractivity contribution in [1.82, 2.24) is 4.31 Å². The summed E-state index contributed by atoms with van der Waals surface area (Å²) in [4.78, 5) is 12.0. The van der Waals surface area contributed by atoms with E-state index in [0.717, 1.165) is 5.56 Å². The van der Waals surface area contributed by atoms with Crippen molar-refractivity contribution >= 4 is 16.0 Å². The molecule has 0 amide bonds. The van der Waals surface area contributed by atoms with Crippen LogP contribution in [0.5, 0.6) is 0 Å². The molecule has 1 aliphatic rings. The lowest BCUT2D eigenvalue weighted by molar-refractivity contribution is -0.144. The van der Waals surface area contributed by atoms with Crippen LogP contribution in [0.15, 0.2) is 29.2 Å². The number of hydrogen-bond donors (Lipinski definition) is 0. The van der Waals surface area contributed by atoms with E-state index in [-0.39, 0.29) is 10.8 Å². The molecular formula is C14H19NO4S. The molecule has 1 aromatic carbocycles. The monoisotopic (exact) mass is 297 g/mol. The summed E-state index contributed by atoms with van der Waals surface area (Å²) in [5.74, 6) is -0.357. The minimum Gasteiger partial charge on any atom is -0.468 e. The molecule has 2 atom stereocenters. The first-order chi connectivity index (χ1) is 9.36. The molecule has 0 aromatic heterocycles. The molecule has 1 fully saturated rings. The van der Waals surface area contributed by atoms with Gasteiger partial charge in [0.05, 0.1) is 12.0 Å². The van der Waals surface area contributed by atoms with E-state index in [0.29, 0.717) is 13.0 Å². The van der Waals surface area contributed by atoms with Gasteiger partial charge in [0, 0.05) is 6.54 Å². The third kappa shape index (κ3) is 2.71. The SMILES string of the molecule is COC(=O)[C@@H]1C[C@H](C)CN1S(=O)(=O)c1ccc(C)cc1. The summed E-state index contributed by atoms with van der Waals surface area (Å²) in [6, 6.07) is 5.92. The number of rotatable bonds is 3. The molecule has 1 heterocycles. The summed E-state index contributed by atoms with van der Waals surface area (Å²) >= 11 is 0. The fourth-order valence-corrected chi connectivity index (χ4v) is 4.18. The second kappa shape index (κ2) is 5.54. The average molecular weight is 297 g/mol. The van der Waals surface area contributed by atoms with Crippen LogP contribution in [0.25, 0.3) is 0 Å². The Morgan fingerprint density at radius 3 is 2.45 bits per heavy atom. The number of nitrogens with zero attached hydrogens (tertiary/aromatic N) is 1. The Labute approximate surface area is 119 Å². The van der Waals surface area contributed by atoms with Crippen molar-refractivity contribution in [3.05, 3.63) is 29.8 Å². The van der Waals surface area contributed by atoms with Gasteiger partial charge in [0.1, 0.15) is 6.04 Å². The van der Waals surface area contributed by atoms with Gasteiger partial charge in [-0.25, -0.2) is 8.42 Å². The highest BCUT2D eigenvalue weighted by Gasteiger charge is 2.43. The normalized spacial score (nSPS) is 23.8. The smallest absolute Gasteiger partial charge is 0.324 e. The molecule has 1 aromatic rings. The predicted octanol–water partition coefficient (Wildman–Crippen LogP) is 1.57. The first-order valence-corrected chi connectivity index (χ1v) is 7.96. The fourth-order valence-electron chi connectivity index (χ4n) is 2.47. The zero-order valence-electron chi connectivity index (χ0n) is 11.9. The quantitative estimate of drug-likeness (QED) is 0.794.